The van der Waals surface area contributed by atoms with Gasteiger partial charge < -0.3 is 9.80 Å². The molecule has 2 aliphatic rings. The first-order valence-corrected chi connectivity index (χ1v) is 27.9. The minimum absolute atomic E-state index is 0.324. The van der Waals surface area contributed by atoms with Crippen molar-refractivity contribution in [3.05, 3.63) is 119 Å². The van der Waals surface area contributed by atoms with Crippen molar-refractivity contribution in [3.63, 3.8) is 0 Å². The van der Waals surface area contributed by atoms with Gasteiger partial charge >= 0.3 is 0 Å². The maximum Gasteiger partial charge on any atom is 0.243 e. The summed E-state index contributed by atoms with van der Waals surface area (Å²) in [6.45, 7) is 31.9. The van der Waals surface area contributed by atoms with Gasteiger partial charge in [0.15, 0.2) is 11.4 Å². The number of anilines is 2. The number of benzene rings is 4. The molecule has 0 aliphatic carbocycles. The largest absolute Gasteiger partial charge is 0.372 e. The van der Waals surface area contributed by atoms with Crippen LogP contribution < -0.4 is 9.80 Å². The fourth-order valence-corrected chi connectivity index (χ4v) is 13.2. The summed E-state index contributed by atoms with van der Waals surface area (Å²) in [5.41, 5.74) is 9.95. The lowest BCUT2D eigenvalue weighted by Gasteiger charge is -2.21. The number of rotatable bonds is 23. The molecule has 0 spiro atoms. The van der Waals surface area contributed by atoms with Gasteiger partial charge in [-0.25, -0.2) is 16.8 Å². The fraction of sp³-hybridized carbons (Fsp3) is 0.464. The number of hydrogen-bond donors (Lipinski definition) is 0. The van der Waals surface area contributed by atoms with Gasteiger partial charge in [-0.3, -0.25) is 0 Å². The molecule has 6 rings (SSSR count). The number of unbranched alkanes of at least 4 members (excludes halogenated alkanes) is 1. The van der Waals surface area contributed by atoms with Gasteiger partial charge in [0.05, 0.1) is 20.6 Å². The monoisotopic (exact) mass is 963 g/mol. The van der Waals surface area contributed by atoms with Crippen LogP contribution in [0.1, 0.15) is 118 Å². The standard InChI is InChI=1S/C56H78N6O4S2/c1-13-57(14-2)45-29-23-43(24-30-45)27-37-53-55(9,10)49-41-47(67(63,64)59(17-5)18-6)33-35-51(49)61(53)39-21-22-40-62-52-36-34-48(68(65,66)60(19-7)20-8)42-50(52)56(11,12)54(62)38-28-44-25-31-46(32-26-44)58(15-3)16-4/h23-38,41-42H,13-22,39-40H2,1-12H3/q+2. The minimum Gasteiger partial charge on any atom is -0.372 e. The van der Waals surface area contributed by atoms with E-state index >= 15 is 0 Å². The van der Waals surface area contributed by atoms with Crippen LogP contribution in [0.5, 0.6) is 0 Å². The highest BCUT2D eigenvalue weighted by Gasteiger charge is 2.47. The van der Waals surface area contributed by atoms with E-state index in [1.54, 1.807) is 12.1 Å². The molecule has 4 aromatic rings. The molecule has 0 N–H and O–H groups in total. The molecule has 0 unspecified atom stereocenters. The number of fused-ring (bicyclic) bond motifs is 2. The molecule has 2 heterocycles. The zero-order valence-electron chi connectivity index (χ0n) is 43.0. The van der Waals surface area contributed by atoms with E-state index in [4.69, 9.17) is 0 Å². The summed E-state index contributed by atoms with van der Waals surface area (Å²) < 4.78 is 63.2. The smallest absolute Gasteiger partial charge is 0.243 e. The van der Waals surface area contributed by atoms with Gasteiger partial charge in [0.25, 0.3) is 0 Å². The summed E-state index contributed by atoms with van der Waals surface area (Å²) in [6.07, 6.45) is 10.5. The van der Waals surface area contributed by atoms with E-state index in [0.717, 1.165) is 97.2 Å². The predicted molar refractivity (Wildman–Crippen MR) is 286 cm³/mol. The Labute approximate surface area is 410 Å². The zero-order chi connectivity index (χ0) is 49.6. The van der Waals surface area contributed by atoms with Crippen LogP contribution in [0.3, 0.4) is 0 Å². The van der Waals surface area contributed by atoms with Gasteiger partial charge in [-0.05, 0) is 127 Å². The van der Waals surface area contributed by atoms with Crippen molar-refractivity contribution in [1.29, 1.82) is 0 Å². The van der Waals surface area contributed by atoms with Crippen molar-refractivity contribution >= 4 is 66.4 Å². The molecule has 12 heteroatoms. The molecule has 0 amide bonds. The quantitative estimate of drug-likeness (QED) is 0.0544. The van der Waals surface area contributed by atoms with Gasteiger partial charge in [-0.15, -0.1) is 0 Å². The second-order valence-electron chi connectivity index (χ2n) is 18.8. The summed E-state index contributed by atoms with van der Waals surface area (Å²) in [5.74, 6) is 0. The van der Waals surface area contributed by atoms with E-state index in [1.165, 1.54) is 20.0 Å². The highest BCUT2D eigenvalue weighted by atomic mass is 32.2. The third kappa shape index (κ3) is 10.3. The number of sulfonamides is 2. The topological polar surface area (TPSA) is 87.3 Å². The lowest BCUT2D eigenvalue weighted by Crippen LogP contribution is -2.31. The van der Waals surface area contributed by atoms with Crippen molar-refractivity contribution in [2.75, 3.05) is 75.2 Å². The first-order valence-electron chi connectivity index (χ1n) is 25.0. The Kier molecular flexibility index (Phi) is 16.8. The van der Waals surface area contributed by atoms with E-state index in [0.29, 0.717) is 36.0 Å². The summed E-state index contributed by atoms with van der Waals surface area (Å²) in [5, 5.41) is 0. The van der Waals surface area contributed by atoms with Crippen LogP contribution in [0.25, 0.3) is 12.2 Å². The van der Waals surface area contributed by atoms with Crippen molar-refractivity contribution in [3.8, 4) is 0 Å². The van der Waals surface area contributed by atoms with Crippen molar-refractivity contribution in [2.24, 2.45) is 0 Å². The second kappa shape index (κ2) is 21.8. The SMILES string of the molecule is CCN(CC)c1ccc(/C=C/C2=[N+](CCCC[N+]3=C(/C=C/c4ccc(N(CC)CC)cc4)C(C)(C)c4cc(S(=O)(=O)N(CC)CC)ccc43)c3ccc(S(=O)(=O)N(CC)CC)cc3C2(C)C)cc1. The Balaban J connectivity index is 1.37. The van der Waals surface area contributed by atoms with E-state index in [2.05, 4.69) is 147 Å². The molecule has 0 atom stereocenters. The number of allylic oxidation sites excluding steroid dienone is 2. The first kappa shape index (κ1) is 52.5. The number of hydrogen-bond acceptors (Lipinski definition) is 6. The van der Waals surface area contributed by atoms with Crippen molar-refractivity contribution < 1.29 is 26.0 Å². The van der Waals surface area contributed by atoms with Crippen molar-refractivity contribution in [1.82, 2.24) is 8.61 Å². The molecule has 0 bridgehead atoms. The van der Waals surface area contributed by atoms with E-state index in [1.807, 2.05) is 52.0 Å². The molecule has 0 radical (unpaired) electrons. The Hall–Kier alpha value is -4.88. The van der Waals surface area contributed by atoms with Crippen LogP contribution in [0.15, 0.2) is 107 Å². The third-order valence-electron chi connectivity index (χ3n) is 14.3. The molecule has 0 fully saturated rings. The van der Waals surface area contributed by atoms with E-state index in [9.17, 15) is 16.8 Å². The van der Waals surface area contributed by atoms with Gasteiger partial charge in [-0.2, -0.15) is 17.8 Å². The van der Waals surface area contributed by atoms with Crippen LogP contribution in [-0.2, 0) is 30.9 Å². The molecule has 68 heavy (non-hydrogen) atoms. The van der Waals surface area contributed by atoms with Crippen LogP contribution in [0.4, 0.5) is 22.7 Å². The van der Waals surface area contributed by atoms with Gasteiger partial charge in [-0.1, -0.05) is 52.0 Å². The Morgan fingerprint density at radius 2 is 0.765 bits per heavy atom. The van der Waals surface area contributed by atoms with Crippen molar-refractivity contribution in [2.45, 2.75) is 117 Å². The lowest BCUT2D eigenvalue weighted by atomic mass is 9.81. The van der Waals surface area contributed by atoms with E-state index < -0.39 is 30.9 Å². The highest BCUT2D eigenvalue weighted by Crippen LogP contribution is 2.44. The summed E-state index contributed by atoms with van der Waals surface area (Å²) in [7, 11) is -7.33. The molecule has 0 saturated heterocycles. The van der Waals surface area contributed by atoms with Gasteiger partial charge in [0.2, 0.25) is 31.4 Å². The summed E-state index contributed by atoms with van der Waals surface area (Å²) in [6, 6.07) is 28.7. The molecule has 4 aromatic carbocycles. The Morgan fingerprint density at radius 1 is 0.441 bits per heavy atom. The summed E-state index contributed by atoms with van der Waals surface area (Å²) >= 11 is 0. The predicted octanol–water partition coefficient (Wildman–Crippen LogP) is 11.1. The molecular formula is C56H78N6O4S2+2. The van der Waals surface area contributed by atoms with Crippen LogP contribution >= 0.6 is 0 Å². The maximum atomic E-state index is 13.9. The third-order valence-corrected chi connectivity index (χ3v) is 18.4. The van der Waals surface area contributed by atoms with Gasteiger partial charge in [0, 0.05) is 112 Å². The second-order valence-corrected chi connectivity index (χ2v) is 22.6. The van der Waals surface area contributed by atoms with Gasteiger partial charge in [0.1, 0.15) is 13.1 Å². The van der Waals surface area contributed by atoms with Crippen LogP contribution in [-0.4, -0.2) is 111 Å². The van der Waals surface area contributed by atoms with E-state index in [-0.39, 0.29) is 0 Å². The molecule has 10 nitrogen and oxygen atoms in total. The first-order chi connectivity index (χ1) is 32.4. The summed E-state index contributed by atoms with van der Waals surface area (Å²) in [4.78, 5) is 5.32. The zero-order valence-corrected chi connectivity index (χ0v) is 44.6. The molecule has 0 saturated carbocycles. The average Bonchev–Trinajstić information content (AvgIpc) is 3.67. The molecule has 0 aromatic heterocycles. The maximum absolute atomic E-state index is 13.9. The highest BCUT2D eigenvalue weighted by molar-refractivity contribution is 7.89. The normalized spacial score (nSPS) is 15.7. The van der Waals surface area contributed by atoms with Crippen LogP contribution in [0, 0.1) is 0 Å². The fourth-order valence-electron chi connectivity index (χ4n) is 10.2. The minimum atomic E-state index is -3.66. The Morgan fingerprint density at radius 3 is 1.06 bits per heavy atom. The lowest BCUT2D eigenvalue weighted by molar-refractivity contribution is -0.451. The Bertz CT molecular complexity index is 2560. The average molecular weight is 963 g/mol. The molecule has 366 valence electrons. The molecule has 2 aliphatic heterocycles. The van der Waals surface area contributed by atoms with Crippen LogP contribution in [0.2, 0.25) is 0 Å². The number of nitrogens with zero attached hydrogens (tertiary/aromatic N) is 6. The molecular weight excluding hydrogens is 885 g/mol.